The van der Waals surface area contributed by atoms with Crippen LogP contribution >= 0.6 is 0 Å². The summed E-state index contributed by atoms with van der Waals surface area (Å²) in [5.41, 5.74) is -1.08. The number of hydrogen-bond donors (Lipinski definition) is 10. The van der Waals surface area contributed by atoms with Crippen LogP contribution in [0.4, 0.5) is 0 Å². The highest BCUT2D eigenvalue weighted by Gasteiger charge is 2.52. The van der Waals surface area contributed by atoms with Gasteiger partial charge in [0.25, 0.3) is 0 Å². The molecule has 0 amide bonds. The van der Waals surface area contributed by atoms with E-state index in [1.807, 2.05) is 0 Å². The highest BCUT2D eigenvalue weighted by molar-refractivity contribution is 5.88. The Labute approximate surface area is 310 Å². The maximum atomic E-state index is 13.8. The van der Waals surface area contributed by atoms with Crippen molar-refractivity contribution in [2.24, 2.45) is 0 Å². The van der Waals surface area contributed by atoms with E-state index >= 15 is 0 Å². The summed E-state index contributed by atoms with van der Waals surface area (Å²) in [5, 5.41) is 105. The summed E-state index contributed by atoms with van der Waals surface area (Å²) in [5.74, 6) is -2.96. The minimum absolute atomic E-state index is 0.134. The molecular formula is C35H42O20. The number of rotatable bonds is 9. The van der Waals surface area contributed by atoms with E-state index in [9.17, 15) is 60.7 Å². The monoisotopic (exact) mass is 782 g/mol. The van der Waals surface area contributed by atoms with Gasteiger partial charge < -0.3 is 88.6 Å². The van der Waals surface area contributed by atoms with Crippen molar-refractivity contribution < 1.29 is 93.4 Å². The van der Waals surface area contributed by atoms with Crippen LogP contribution in [-0.4, -0.2) is 156 Å². The number of benzene rings is 2. The molecule has 0 saturated carbocycles. The van der Waals surface area contributed by atoms with E-state index in [1.54, 1.807) is 0 Å². The molecule has 3 aliphatic rings. The lowest BCUT2D eigenvalue weighted by molar-refractivity contribution is -0.359. The fraction of sp³-hybridized carbons (Fsp3) is 0.543. The number of fused-ring (bicyclic) bond motifs is 1. The second kappa shape index (κ2) is 16.1. The van der Waals surface area contributed by atoms with Crippen LogP contribution in [0.25, 0.3) is 22.3 Å². The summed E-state index contributed by atoms with van der Waals surface area (Å²) < 4.78 is 45.5. The van der Waals surface area contributed by atoms with Gasteiger partial charge in [0.15, 0.2) is 24.4 Å². The third-order valence-corrected chi connectivity index (χ3v) is 9.53. The van der Waals surface area contributed by atoms with Gasteiger partial charge in [-0.15, -0.1) is 0 Å². The van der Waals surface area contributed by atoms with Crippen LogP contribution in [0.15, 0.2) is 45.6 Å². The van der Waals surface area contributed by atoms with Crippen molar-refractivity contribution in [2.75, 3.05) is 6.61 Å². The molecule has 6 rings (SSSR count). The summed E-state index contributed by atoms with van der Waals surface area (Å²) in [4.78, 5) is 25.7. The van der Waals surface area contributed by atoms with Gasteiger partial charge in [0.1, 0.15) is 83.2 Å². The number of aliphatic hydroxyl groups excluding tert-OH is 7. The van der Waals surface area contributed by atoms with Gasteiger partial charge in [-0.1, -0.05) is 0 Å². The van der Waals surface area contributed by atoms with Crippen LogP contribution in [0.5, 0.6) is 23.0 Å². The highest BCUT2D eigenvalue weighted by atomic mass is 16.8. The van der Waals surface area contributed by atoms with Crippen molar-refractivity contribution in [1.29, 1.82) is 0 Å². The van der Waals surface area contributed by atoms with E-state index in [0.29, 0.717) is 0 Å². The van der Waals surface area contributed by atoms with Gasteiger partial charge in [-0.25, -0.2) is 0 Å². The molecule has 4 heterocycles. The van der Waals surface area contributed by atoms with Gasteiger partial charge in [-0.05, 0) is 38.1 Å². The zero-order valence-corrected chi connectivity index (χ0v) is 29.4. The number of aliphatic hydroxyl groups is 7. The van der Waals surface area contributed by atoms with Crippen molar-refractivity contribution in [2.45, 2.75) is 113 Å². The van der Waals surface area contributed by atoms with Crippen molar-refractivity contribution in [1.82, 2.24) is 0 Å². The van der Waals surface area contributed by atoms with Crippen molar-refractivity contribution >= 4 is 16.9 Å². The standard InChI is InChI=1S/C35H42O20/c1-11-21(40)24(43)26(45)34(49-11)55-32-28(47)33(50-12(2)29(32)51-13(3)36)48-10-19-22(41)25(44)27(46)35(53-19)54-31-23(42)20-17(39)8-16(38)9-18(20)52-30(31)14-4-6-15(37)7-5-14/h4-9,11-12,19,21-22,24-29,32-35,37-41,43-47H,10H2,1-3H3/t11-,12-,19+,21-,22+,24+,25-,26+,27+,28+,29-,32-,33+,34-,35-/m0/s1. The SMILES string of the molecule is CC(=O)O[C@@H]1[C@@H](O[C@@H]2O[C@@H](C)[C@H](O)[C@@H](O)[C@H]2O)[C@@H](O)[C@H](OC[C@H]2O[C@@H](Oc3c(-c4ccc(O)cc4)oc4cc(O)cc(O)c4c3=O)[C@H](O)[C@@H](O)[C@@H]2O)O[C@H]1C. The average molecular weight is 783 g/mol. The first kappa shape index (κ1) is 40.5. The Morgan fingerprint density at radius 3 is 2.02 bits per heavy atom. The second-order valence-corrected chi connectivity index (χ2v) is 13.5. The van der Waals surface area contributed by atoms with Gasteiger partial charge in [0, 0.05) is 24.6 Å². The van der Waals surface area contributed by atoms with Crippen molar-refractivity contribution in [3.05, 3.63) is 46.6 Å². The number of carbonyl (C=O) groups excluding carboxylic acids is 1. The first-order valence-electron chi connectivity index (χ1n) is 17.1. The van der Waals surface area contributed by atoms with Crippen molar-refractivity contribution in [3.63, 3.8) is 0 Å². The largest absolute Gasteiger partial charge is 0.508 e. The van der Waals surface area contributed by atoms with Crippen LogP contribution in [0, 0.1) is 0 Å². The molecule has 0 spiro atoms. The topological polar surface area (TPSA) is 314 Å². The Hall–Kier alpha value is -4.16. The summed E-state index contributed by atoms with van der Waals surface area (Å²) >= 11 is 0. The van der Waals surface area contributed by atoms with Crippen LogP contribution in [0.1, 0.15) is 20.8 Å². The van der Waals surface area contributed by atoms with E-state index in [2.05, 4.69) is 0 Å². The lowest BCUT2D eigenvalue weighted by Crippen LogP contribution is -2.64. The summed E-state index contributed by atoms with van der Waals surface area (Å²) in [6.45, 7) is 3.26. The molecule has 55 heavy (non-hydrogen) atoms. The summed E-state index contributed by atoms with van der Waals surface area (Å²) in [6, 6.07) is 7.20. The minimum Gasteiger partial charge on any atom is -0.508 e. The lowest BCUT2D eigenvalue weighted by Gasteiger charge is -2.46. The fourth-order valence-electron chi connectivity index (χ4n) is 6.55. The lowest BCUT2D eigenvalue weighted by atomic mass is 9.97. The number of hydrogen-bond acceptors (Lipinski definition) is 20. The maximum absolute atomic E-state index is 13.8. The van der Waals surface area contributed by atoms with E-state index in [4.69, 9.17) is 37.6 Å². The zero-order valence-electron chi connectivity index (χ0n) is 29.4. The Balaban J connectivity index is 1.24. The van der Waals surface area contributed by atoms with E-state index < -0.39 is 133 Å². The second-order valence-electron chi connectivity index (χ2n) is 13.5. The molecule has 0 radical (unpaired) electrons. The molecule has 3 saturated heterocycles. The van der Waals surface area contributed by atoms with Crippen LogP contribution in [0.2, 0.25) is 0 Å². The first-order chi connectivity index (χ1) is 26.0. The molecule has 20 nitrogen and oxygen atoms in total. The van der Waals surface area contributed by atoms with E-state index in [0.717, 1.165) is 19.1 Å². The molecule has 302 valence electrons. The normalized spacial score (nSPS) is 36.7. The molecule has 3 aliphatic heterocycles. The Kier molecular flexibility index (Phi) is 11.9. The predicted molar refractivity (Wildman–Crippen MR) is 179 cm³/mol. The Bertz CT molecular complexity index is 1880. The average Bonchev–Trinajstić information content (AvgIpc) is 3.13. The van der Waals surface area contributed by atoms with Crippen LogP contribution < -0.4 is 10.2 Å². The molecule has 3 aromatic rings. The van der Waals surface area contributed by atoms with Gasteiger partial charge in [-0.2, -0.15) is 0 Å². The van der Waals surface area contributed by atoms with E-state index in [1.165, 1.54) is 38.1 Å². The molecule has 10 N–H and O–H groups in total. The van der Waals surface area contributed by atoms with Crippen LogP contribution in [0.3, 0.4) is 0 Å². The third kappa shape index (κ3) is 8.08. The summed E-state index contributed by atoms with van der Waals surface area (Å²) in [6.07, 6.45) is -24.2. The van der Waals surface area contributed by atoms with Crippen molar-refractivity contribution in [3.8, 4) is 34.3 Å². The molecular weight excluding hydrogens is 740 g/mol. The highest BCUT2D eigenvalue weighted by Crippen LogP contribution is 2.38. The molecule has 3 fully saturated rings. The molecule has 15 atom stereocenters. The Morgan fingerprint density at radius 2 is 1.35 bits per heavy atom. The zero-order chi connectivity index (χ0) is 40.0. The number of phenolic OH excluding ortho intramolecular Hbond substituents is 3. The van der Waals surface area contributed by atoms with Gasteiger partial charge in [0.2, 0.25) is 17.5 Å². The smallest absolute Gasteiger partial charge is 0.303 e. The number of aromatic hydroxyl groups is 3. The quantitative estimate of drug-likeness (QED) is 0.105. The molecule has 0 aliphatic carbocycles. The number of esters is 1. The number of ether oxygens (including phenoxy) is 7. The fourth-order valence-corrected chi connectivity index (χ4v) is 6.55. The molecule has 20 heteroatoms. The molecule has 2 aromatic carbocycles. The predicted octanol–water partition coefficient (Wildman–Crippen LogP) is -1.97. The summed E-state index contributed by atoms with van der Waals surface area (Å²) in [7, 11) is 0. The molecule has 0 unspecified atom stereocenters. The van der Waals surface area contributed by atoms with Gasteiger partial charge >= 0.3 is 5.97 Å². The minimum atomic E-state index is -2.00. The molecule has 1 aromatic heterocycles. The third-order valence-electron chi connectivity index (χ3n) is 9.53. The number of phenols is 3. The molecule has 0 bridgehead atoms. The Morgan fingerprint density at radius 1 is 0.709 bits per heavy atom. The number of carbonyl (C=O) groups is 1. The maximum Gasteiger partial charge on any atom is 0.303 e. The van der Waals surface area contributed by atoms with E-state index in [-0.39, 0.29) is 22.7 Å². The van der Waals surface area contributed by atoms with Gasteiger partial charge in [-0.3, -0.25) is 9.59 Å². The van der Waals surface area contributed by atoms with Crippen LogP contribution in [-0.2, 0) is 33.2 Å². The van der Waals surface area contributed by atoms with Gasteiger partial charge in [0.05, 0.1) is 18.8 Å². The first-order valence-corrected chi connectivity index (χ1v) is 17.1.